The van der Waals surface area contributed by atoms with Crippen LogP contribution < -0.4 is 5.32 Å². The second-order valence-corrected chi connectivity index (χ2v) is 7.27. The number of hydrogen-bond donors (Lipinski definition) is 1. The lowest BCUT2D eigenvalue weighted by atomic mass is 10.1. The van der Waals surface area contributed by atoms with E-state index >= 15 is 0 Å². The molecule has 0 aliphatic carbocycles. The topological polar surface area (TPSA) is 84.1 Å². The Morgan fingerprint density at radius 3 is 2.46 bits per heavy atom. The first-order valence-electron chi connectivity index (χ1n) is 8.88. The first-order chi connectivity index (χ1) is 12.1. The van der Waals surface area contributed by atoms with E-state index in [0.29, 0.717) is 18.4 Å². The van der Waals surface area contributed by atoms with E-state index in [2.05, 4.69) is 23.7 Å². The maximum absolute atomic E-state index is 12.1. The molecule has 0 aliphatic heterocycles. The average Bonchev–Trinajstić information content (AvgIpc) is 2.82. The van der Waals surface area contributed by atoms with Crippen LogP contribution in [0, 0.1) is 37.0 Å². The Morgan fingerprint density at radius 1 is 1.27 bits per heavy atom. The van der Waals surface area contributed by atoms with Gasteiger partial charge < -0.3 is 14.6 Å². The standard InChI is InChI=1S/C20H29N3O3/c1-13(2)10-22-19(24)12-26-20(25)18(9-21)8-17-7-15(5)23(16(17)6)11-14(3)4/h7-8,13-14H,10-12H2,1-6H3,(H,22,24). The Kier molecular flexibility index (Phi) is 8.11. The van der Waals surface area contributed by atoms with Crippen molar-refractivity contribution in [3.05, 3.63) is 28.6 Å². The summed E-state index contributed by atoms with van der Waals surface area (Å²) >= 11 is 0. The highest BCUT2D eigenvalue weighted by Gasteiger charge is 2.16. The zero-order chi connectivity index (χ0) is 19.9. The smallest absolute Gasteiger partial charge is 0.349 e. The second kappa shape index (κ2) is 9.81. The molecule has 26 heavy (non-hydrogen) atoms. The van der Waals surface area contributed by atoms with Gasteiger partial charge >= 0.3 is 5.97 Å². The molecule has 1 N–H and O–H groups in total. The van der Waals surface area contributed by atoms with Gasteiger partial charge in [-0.2, -0.15) is 5.26 Å². The summed E-state index contributed by atoms with van der Waals surface area (Å²) in [5.41, 5.74) is 2.75. The first kappa shape index (κ1) is 21.5. The number of carbonyl (C=O) groups is 2. The highest BCUT2D eigenvalue weighted by molar-refractivity contribution is 5.99. The van der Waals surface area contributed by atoms with E-state index in [1.807, 2.05) is 39.8 Å². The van der Waals surface area contributed by atoms with Crippen LogP contribution in [0.15, 0.2) is 11.6 Å². The van der Waals surface area contributed by atoms with Crippen molar-refractivity contribution >= 4 is 18.0 Å². The lowest BCUT2D eigenvalue weighted by Gasteiger charge is -2.12. The molecule has 1 heterocycles. The lowest BCUT2D eigenvalue weighted by Crippen LogP contribution is -2.31. The normalized spacial score (nSPS) is 11.6. The maximum Gasteiger partial charge on any atom is 0.349 e. The molecule has 1 aromatic heterocycles. The predicted octanol–water partition coefficient (Wildman–Crippen LogP) is 2.98. The molecule has 0 aliphatic rings. The molecule has 1 rings (SSSR count). The average molecular weight is 359 g/mol. The van der Waals surface area contributed by atoms with Crippen LogP contribution in [0.3, 0.4) is 0 Å². The van der Waals surface area contributed by atoms with Crippen molar-refractivity contribution in [3.8, 4) is 6.07 Å². The number of amides is 1. The Bertz CT molecular complexity index is 721. The fraction of sp³-hybridized carbons (Fsp3) is 0.550. The number of esters is 1. The number of aromatic nitrogens is 1. The fourth-order valence-corrected chi connectivity index (χ4v) is 2.49. The van der Waals surface area contributed by atoms with Crippen molar-refractivity contribution in [3.63, 3.8) is 0 Å². The van der Waals surface area contributed by atoms with Gasteiger partial charge in [0.1, 0.15) is 11.6 Å². The molecule has 1 amide bonds. The van der Waals surface area contributed by atoms with Gasteiger partial charge in [-0.1, -0.05) is 27.7 Å². The number of nitriles is 1. The quantitative estimate of drug-likeness (QED) is 0.439. The Morgan fingerprint density at radius 2 is 1.92 bits per heavy atom. The molecular formula is C20H29N3O3. The van der Waals surface area contributed by atoms with E-state index in [0.717, 1.165) is 23.5 Å². The van der Waals surface area contributed by atoms with Crippen molar-refractivity contribution in [1.82, 2.24) is 9.88 Å². The van der Waals surface area contributed by atoms with Gasteiger partial charge in [0.05, 0.1) is 0 Å². The van der Waals surface area contributed by atoms with E-state index < -0.39 is 12.6 Å². The Labute approximate surface area is 155 Å². The zero-order valence-electron chi connectivity index (χ0n) is 16.5. The minimum atomic E-state index is -0.791. The Balaban J connectivity index is 2.83. The number of carbonyl (C=O) groups excluding carboxylic acids is 2. The molecule has 6 nitrogen and oxygen atoms in total. The van der Waals surface area contributed by atoms with Crippen LogP contribution in [0.1, 0.15) is 44.6 Å². The molecule has 0 bridgehead atoms. The van der Waals surface area contributed by atoms with Crippen LogP contribution in [0.4, 0.5) is 0 Å². The summed E-state index contributed by atoms with van der Waals surface area (Å²) in [5, 5.41) is 11.9. The van der Waals surface area contributed by atoms with E-state index in [1.54, 1.807) is 0 Å². The van der Waals surface area contributed by atoms with E-state index in [9.17, 15) is 14.9 Å². The van der Waals surface area contributed by atoms with Gasteiger partial charge in [0.25, 0.3) is 5.91 Å². The first-order valence-corrected chi connectivity index (χ1v) is 8.88. The van der Waals surface area contributed by atoms with Gasteiger partial charge in [0.2, 0.25) is 0 Å². The summed E-state index contributed by atoms with van der Waals surface area (Å²) in [5.74, 6) is -0.369. The highest BCUT2D eigenvalue weighted by atomic mass is 16.5. The van der Waals surface area contributed by atoms with Crippen molar-refractivity contribution in [2.24, 2.45) is 11.8 Å². The number of nitrogens with one attached hydrogen (secondary N) is 1. The largest absolute Gasteiger partial charge is 0.451 e. The van der Waals surface area contributed by atoms with Crippen molar-refractivity contribution in [2.45, 2.75) is 48.1 Å². The van der Waals surface area contributed by atoms with Crippen LogP contribution in [0.5, 0.6) is 0 Å². The molecule has 0 fully saturated rings. The van der Waals surface area contributed by atoms with E-state index in [-0.39, 0.29) is 11.5 Å². The summed E-state index contributed by atoms with van der Waals surface area (Å²) in [4.78, 5) is 23.7. The van der Waals surface area contributed by atoms with Gasteiger partial charge in [0, 0.05) is 24.5 Å². The minimum absolute atomic E-state index is 0.119. The molecule has 0 aromatic carbocycles. The summed E-state index contributed by atoms with van der Waals surface area (Å²) in [6, 6.07) is 3.81. The van der Waals surface area contributed by atoms with Gasteiger partial charge in [0.15, 0.2) is 6.61 Å². The molecule has 6 heteroatoms. The third-order valence-electron chi connectivity index (χ3n) is 3.84. The van der Waals surface area contributed by atoms with E-state index in [4.69, 9.17) is 4.74 Å². The zero-order valence-corrected chi connectivity index (χ0v) is 16.5. The summed E-state index contributed by atoms with van der Waals surface area (Å²) < 4.78 is 7.12. The van der Waals surface area contributed by atoms with Crippen LogP contribution in [0.25, 0.3) is 6.08 Å². The molecule has 0 saturated carbocycles. The number of rotatable bonds is 8. The molecule has 0 radical (unpaired) electrons. The molecule has 142 valence electrons. The van der Waals surface area contributed by atoms with Gasteiger partial charge in [-0.05, 0) is 43.4 Å². The summed E-state index contributed by atoms with van der Waals surface area (Å²) in [7, 11) is 0. The van der Waals surface area contributed by atoms with Crippen LogP contribution >= 0.6 is 0 Å². The highest BCUT2D eigenvalue weighted by Crippen LogP contribution is 2.20. The molecular weight excluding hydrogens is 330 g/mol. The minimum Gasteiger partial charge on any atom is -0.451 e. The predicted molar refractivity (Wildman–Crippen MR) is 101 cm³/mol. The number of aryl methyl sites for hydroxylation is 1. The van der Waals surface area contributed by atoms with Crippen LogP contribution in [-0.2, 0) is 20.9 Å². The van der Waals surface area contributed by atoms with Crippen molar-refractivity contribution in [2.75, 3.05) is 13.2 Å². The third kappa shape index (κ3) is 6.40. The van der Waals surface area contributed by atoms with Gasteiger partial charge in [-0.3, -0.25) is 4.79 Å². The fourth-order valence-electron chi connectivity index (χ4n) is 2.49. The summed E-state index contributed by atoms with van der Waals surface area (Å²) in [6.07, 6.45) is 1.52. The third-order valence-corrected chi connectivity index (χ3v) is 3.84. The van der Waals surface area contributed by atoms with E-state index in [1.165, 1.54) is 6.08 Å². The van der Waals surface area contributed by atoms with Crippen LogP contribution in [-0.4, -0.2) is 29.6 Å². The number of hydrogen-bond acceptors (Lipinski definition) is 4. The van der Waals surface area contributed by atoms with Crippen molar-refractivity contribution < 1.29 is 14.3 Å². The van der Waals surface area contributed by atoms with Gasteiger partial charge in [-0.15, -0.1) is 0 Å². The molecule has 0 spiro atoms. The Hall–Kier alpha value is -2.55. The molecule has 0 atom stereocenters. The molecule has 1 aromatic rings. The molecule has 0 unspecified atom stereocenters. The van der Waals surface area contributed by atoms with Crippen molar-refractivity contribution in [1.29, 1.82) is 5.26 Å². The number of nitrogens with zero attached hydrogens (tertiary/aromatic N) is 2. The SMILES string of the molecule is Cc1cc(C=C(C#N)C(=O)OCC(=O)NCC(C)C)c(C)n1CC(C)C. The number of ether oxygens (including phenoxy) is 1. The summed E-state index contributed by atoms with van der Waals surface area (Å²) in [6.45, 7) is 13.2. The molecule has 0 saturated heterocycles. The van der Waals surface area contributed by atoms with Crippen LogP contribution in [0.2, 0.25) is 0 Å². The monoisotopic (exact) mass is 359 g/mol. The maximum atomic E-state index is 12.1. The second-order valence-electron chi connectivity index (χ2n) is 7.27. The lowest BCUT2D eigenvalue weighted by molar-refractivity contribution is -0.144. The van der Waals surface area contributed by atoms with Gasteiger partial charge in [-0.25, -0.2) is 4.79 Å².